The third kappa shape index (κ3) is 4.34. The molecule has 124 valence electrons. The largest absolute Gasteiger partial charge is 0.338 e. The fraction of sp³-hybridized carbons (Fsp3) is 0.471. The van der Waals surface area contributed by atoms with Crippen molar-refractivity contribution < 1.29 is 4.79 Å². The molecule has 0 spiro atoms. The van der Waals surface area contributed by atoms with Crippen LogP contribution in [-0.2, 0) is 4.79 Å². The van der Waals surface area contributed by atoms with E-state index in [2.05, 4.69) is 55.2 Å². The van der Waals surface area contributed by atoms with Gasteiger partial charge in [-0.05, 0) is 33.3 Å². The first-order chi connectivity index (χ1) is 10.9. The molecule has 0 bridgehead atoms. The highest BCUT2D eigenvalue weighted by Crippen LogP contribution is 2.23. The van der Waals surface area contributed by atoms with Crippen molar-refractivity contribution in [3.63, 3.8) is 0 Å². The molecule has 0 N–H and O–H groups in total. The number of hydrogen-bond acceptors (Lipinski definition) is 4. The van der Waals surface area contributed by atoms with Gasteiger partial charge in [0.25, 0.3) is 0 Å². The van der Waals surface area contributed by atoms with Crippen molar-refractivity contribution in [1.82, 2.24) is 19.7 Å². The van der Waals surface area contributed by atoms with Gasteiger partial charge in [-0.15, -0.1) is 10.2 Å². The van der Waals surface area contributed by atoms with E-state index < -0.39 is 0 Å². The van der Waals surface area contributed by atoms with Gasteiger partial charge in [-0.1, -0.05) is 41.6 Å². The lowest BCUT2D eigenvalue weighted by molar-refractivity contribution is -0.128. The normalized spacial score (nSPS) is 12.4. The monoisotopic (exact) mass is 332 g/mol. The average molecular weight is 332 g/mol. The number of aryl methyl sites for hydroxylation is 1. The van der Waals surface area contributed by atoms with Crippen molar-refractivity contribution in [2.24, 2.45) is 0 Å². The summed E-state index contributed by atoms with van der Waals surface area (Å²) in [4.78, 5) is 14.2. The van der Waals surface area contributed by atoms with Gasteiger partial charge in [0, 0.05) is 13.1 Å². The summed E-state index contributed by atoms with van der Waals surface area (Å²) >= 11 is 1.43. The molecular formula is C17H24N4OS. The number of benzene rings is 1. The highest BCUT2D eigenvalue weighted by molar-refractivity contribution is 7.99. The molecule has 2 aromatic rings. The predicted molar refractivity (Wildman–Crippen MR) is 93.5 cm³/mol. The Hall–Kier alpha value is -1.82. The standard InChI is InChI=1S/C17H24N4OS/c1-12(2)21-11-18-19-17(21)23-10-16(22)20(5)14(4)15-8-6-13(3)7-9-15/h6-9,11-12,14H,10H2,1-5H3. The summed E-state index contributed by atoms with van der Waals surface area (Å²) in [7, 11) is 1.85. The number of hydrogen-bond donors (Lipinski definition) is 0. The lowest BCUT2D eigenvalue weighted by Gasteiger charge is -2.25. The lowest BCUT2D eigenvalue weighted by Crippen LogP contribution is -2.31. The quantitative estimate of drug-likeness (QED) is 0.760. The number of carbonyl (C=O) groups is 1. The Bertz CT molecular complexity index is 651. The summed E-state index contributed by atoms with van der Waals surface area (Å²) in [5.74, 6) is 0.444. The Morgan fingerprint density at radius 3 is 2.52 bits per heavy atom. The maximum Gasteiger partial charge on any atom is 0.233 e. The number of thioether (sulfide) groups is 1. The van der Waals surface area contributed by atoms with Crippen LogP contribution in [-0.4, -0.2) is 38.4 Å². The van der Waals surface area contributed by atoms with Gasteiger partial charge in [-0.25, -0.2) is 0 Å². The van der Waals surface area contributed by atoms with Crippen LogP contribution >= 0.6 is 11.8 Å². The van der Waals surface area contributed by atoms with Gasteiger partial charge in [-0.3, -0.25) is 4.79 Å². The molecule has 0 saturated carbocycles. The SMILES string of the molecule is Cc1ccc(C(C)N(C)C(=O)CSc2nncn2C(C)C)cc1. The van der Waals surface area contributed by atoms with Gasteiger partial charge in [0.2, 0.25) is 5.91 Å². The summed E-state index contributed by atoms with van der Waals surface area (Å²) in [6, 6.07) is 8.63. The van der Waals surface area contributed by atoms with Crippen LogP contribution in [0.2, 0.25) is 0 Å². The maximum absolute atomic E-state index is 12.4. The highest BCUT2D eigenvalue weighted by atomic mass is 32.2. The molecule has 5 nitrogen and oxygen atoms in total. The van der Waals surface area contributed by atoms with E-state index in [4.69, 9.17) is 0 Å². The molecule has 1 heterocycles. The molecule has 6 heteroatoms. The summed E-state index contributed by atoms with van der Waals surface area (Å²) < 4.78 is 1.97. The predicted octanol–water partition coefficient (Wildman–Crippen LogP) is 3.48. The summed E-state index contributed by atoms with van der Waals surface area (Å²) in [5.41, 5.74) is 2.36. The molecule has 23 heavy (non-hydrogen) atoms. The fourth-order valence-corrected chi connectivity index (χ4v) is 3.17. The van der Waals surface area contributed by atoms with Crippen LogP contribution in [0.5, 0.6) is 0 Å². The van der Waals surface area contributed by atoms with E-state index in [0.29, 0.717) is 5.75 Å². The summed E-state index contributed by atoms with van der Waals surface area (Å²) in [5, 5.41) is 8.79. The van der Waals surface area contributed by atoms with Crippen molar-refractivity contribution in [2.45, 2.75) is 44.9 Å². The Morgan fingerprint density at radius 1 is 1.26 bits per heavy atom. The van der Waals surface area contributed by atoms with Gasteiger partial charge in [0.15, 0.2) is 5.16 Å². The number of nitrogens with zero attached hydrogens (tertiary/aromatic N) is 4. The molecule has 1 unspecified atom stereocenters. The number of amides is 1. The van der Waals surface area contributed by atoms with Crippen LogP contribution in [0.3, 0.4) is 0 Å². The first-order valence-electron chi connectivity index (χ1n) is 7.74. The lowest BCUT2D eigenvalue weighted by atomic mass is 10.1. The molecule has 1 amide bonds. The van der Waals surface area contributed by atoms with E-state index in [1.54, 1.807) is 11.2 Å². The number of rotatable bonds is 6. The Labute approximate surface area is 142 Å². The van der Waals surface area contributed by atoms with Crippen LogP contribution < -0.4 is 0 Å². The minimum absolute atomic E-state index is 0.0478. The molecule has 0 radical (unpaired) electrons. The van der Waals surface area contributed by atoms with Crippen molar-refractivity contribution in [3.05, 3.63) is 41.7 Å². The molecule has 0 aliphatic rings. The first-order valence-corrected chi connectivity index (χ1v) is 8.73. The first kappa shape index (κ1) is 17.5. The number of carbonyl (C=O) groups excluding carboxylic acids is 1. The van der Waals surface area contributed by atoms with Crippen molar-refractivity contribution in [1.29, 1.82) is 0 Å². The smallest absolute Gasteiger partial charge is 0.233 e. The average Bonchev–Trinajstić information content (AvgIpc) is 3.00. The van der Waals surface area contributed by atoms with E-state index >= 15 is 0 Å². The zero-order valence-corrected chi connectivity index (χ0v) is 15.2. The van der Waals surface area contributed by atoms with Crippen LogP contribution in [0, 0.1) is 6.92 Å². The topological polar surface area (TPSA) is 51.0 Å². The molecule has 0 fully saturated rings. The second kappa shape index (κ2) is 7.64. The summed E-state index contributed by atoms with van der Waals surface area (Å²) in [6.45, 7) is 8.25. The van der Waals surface area contributed by atoms with Gasteiger partial charge >= 0.3 is 0 Å². The Morgan fingerprint density at radius 2 is 1.91 bits per heavy atom. The second-order valence-corrected chi connectivity index (χ2v) is 6.94. The maximum atomic E-state index is 12.4. The molecule has 1 aromatic heterocycles. The van der Waals surface area contributed by atoms with E-state index in [1.165, 1.54) is 17.3 Å². The van der Waals surface area contributed by atoms with Crippen LogP contribution in [0.15, 0.2) is 35.7 Å². The van der Waals surface area contributed by atoms with Crippen molar-refractivity contribution in [2.75, 3.05) is 12.8 Å². The fourth-order valence-electron chi connectivity index (χ4n) is 2.20. The van der Waals surface area contributed by atoms with E-state index in [9.17, 15) is 4.79 Å². The minimum atomic E-state index is 0.0478. The van der Waals surface area contributed by atoms with Crippen LogP contribution in [0.1, 0.15) is 44.0 Å². The Balaban J connectivity index is 1.97. The van der Waals surface area contributed by atoms with Crippen LogP contribution in [0.4, 0.5) is 0 Å². The second-order valence-electron chi connectivity index (χ2n) is 5.99. The molecule has 2 rings (SSSR count). The molecule has 1 atom stereocenters. The molecule has 0 aliphatic heterocycles. The molecule has 1 aromatic carbocycles. The van der Waals surface area contributed by atoms with E-state index in [1.807, 2.05) is 18.5 Å². The Kier molecular flexibility index (Phi) is 5.82. The van der Waals surface area contributed by atoms with Gasteiger partial charge in [0.1, 0.15) is 6.33 Å². The van der Waals surface area contributed by atoms with E-state index in [-0.39, 0.29) is 18.0 Å². The van der Waals surface area contributed by atoms with Gasteiger partial charge in [0.05, 0.1) is 11.8 Å². The van der Waals surface area contributed by atoms with Crippen molar-refractivity contribution >= 4 is 17.7 Å². The third-order valence-electron chi connectivity index (χ3n) is 3.96. The van der Waals surface area contributed by atoms with Crippen molar-refractivity contribution in [3.8, 4) is 0 Å². The molecular weight excluding hydrogens is 308 g/mol. The zero-order valence-electron chi connectivity index (χ0n) is 14.4. The van der Waals surface area contributed by atoms with E-state index in [0.717, 1.165) is 10.7 Å². The summed E-state index contributed by atoms with van der Waals surface area (Å²) in [6.07, 6.45) is 1.70. The minimum Gasteiger partial charge on any atom is -0.338 e. The number of aromatic nitrogens is 3. The third-order valence-corrected chi connectivity index (χ3v) is 4.90. The van der Waals surface area contributed by atoms with Gasteiger partial charge in [-0.2, -0.15) is 0 Å². The molecule has 0 aliphatic carbocycles. The molecule has 0 saturated heterocycles. The van der Waals surface area contributed by atoms with Gasteiger partial charge < -0.3 is 9.47 Å². The van der Waals surface area contributed by atoms with Crippen LogP contribution in [0.25, 0.3) is 0 Å². The zero-order chi connectivity index (χ0) is 17.0. The highest BCUT2D eigenvalue weighted by Gasteiger charge is 2.18.